The monoisotopic (exact) mass is 390 g/mol. The molecule has 7 nitrogen and oxygen atoms in total. The lowest BCUT2D eigenvalue weighted by molar-refractivity contribution is -0.116. The quantitative estimate of drug-likeness (QED) is 0.672. The third kappa shape index (κ3) is 5.42. The van der Waals surface area contributed by atoms with E-state index in [2.05, 4.69) is 67.7 Å². The summed E-state index contributed by atoms with van der Waals surface area (Å²) in [4.78, 5) is 20.9. The zero-order valence-corrected chi connectivity index (χ0v) is 16.4. The number of piperazine rings is 1. The van der Waals surface area contributed by atoms with Gasteiger partial charge in [-0.15, -0.1) is 0 Å². The van der Waals surface area contributed by atoms with Crippen molar-refractivity contribution in [2.75, 3.05) is 36.4 Å². The Labute approximate surface area is 171 Å². The van der Waals surface area contributed by atoms with Crippen molar-refractivity contribution in [2.45, 2.75) is 19.5 Å². The van der Waals surface area contributed by atoms with Crippen LogP contribution in [-0.4, -0.2) is 51.8 Å². The van der Waals surface area contributed by atoms with Gasteiger partial charge in [0, 0.05) is 50.5 Å². The number of nitrogens with zero attached hydrogens (tertiary/aromatic N) is 5. The second kappa shape index (κ2) is 9.34. The van der Waals surface area contributed by atoms with Crippen LogP contribution in [0.5, 0.6) is 0 Å². The van der Waals surface area contributed by atoms with Gasteiger partial charge in [-0.2, -0.15) is 5.10 Å². The van der Waals surface area contributed by atoms with Crippen LogP contribution in [0.1, 0.15) is 12.0 Å². The highest BCUT2D eigenvalue weighted by molar-refractivity contribution is 5.90. The van der Waals surface area contributed by atoms with Crippen LogP contribution in [0, 0.1) is 0 Å². The summed E-state index contributed by atoms with van der Waals surface area (Å²) in [6, 6.07) is 18.7. The molecule has 7 heteroatoms. The minimum Gasteiger partial charge on any atom is -0.369 e. The first-order valence-corrected chi connectivity index (χ1v) is 10.00. The van der Waals surface area contributed by atoms with Crippen molar-refractivity contribution in [1.82, 2.24) is 19.7 Å². The Kier molecular flexibility index (Phi) is 6.16. The standard InChI is InChI=1S/C22H26N6O/c29-22(10-11-28-18-23-17-24-28)25-20-6-8-21(9-7-20)27-14-12-26(13-15-27)16-19-4-2-1-3-5-19/h1-9,17-18H,10-16H2,(H,25,29). The third-order valence-corrected chi connectivity index (χ3v) is 5.17. The van der Waals surface area contributed by atoms with Crippen molar-refractivity contribution in [1.29, 1.82) is 0 Å². The summed E-state index contributed by atoms with van der Waals surface area (Å²) in [6.07, 6.45) is 3.45. The molecule has 3 aromatic rings. The Morgan fingerprint density at radius 1 is 0.966 bits per heavy atom. The molecule has 150 valence electrons. The summed E-state index contributed by atoms with van der Waals surface area (Å²) in [5.41, 5.74) is 3.38. The predicted molar refractivity (Wildman–Crippen MR) is 114 cm³/mol. The van der Waals surface area contributed by atoms with Crippen LogP contribution in [0.2, 0.25) is 0 Å². The van der Waals surface area contributed by atoms with E-state index in [1.165, 1.54) is 17.6 Å². The second-order valence-corrected chi connectivity index (χ2v) is 7.25. The maximum atomic E-state index is 12.1. The molecule has 2 heterocycles. The van der Waals surface area contributed by atoms with Crippen molar-refractivity contribution in [2.24, 2.45) is 0 Å². The molecule has 1 aromatic heterocycles. The number of benzene rings is 2. The van der Waals surface area contributed by atoms with Gasteiger partial charge in [0.15, 0.2) is 0 Å². The molecule has 2 aromatic carbocycles. The highest BCUT2D eigenvalue weighted by Crippen LogP contribution is 2.20. The SMILES string of the molecule is O=C(CCn1cncn1)Nc1ccc(N2CCN(Cc3ccccc3)CC2)cc1. The van der Waals surface area contributed by atoms with Crippen molar-refractivity contribution in [3.63, 3.8) is 0 Å². The summed E-state index contributed by atoms with van der Waals surface area (Å²) in [7, 11) is 0. The fraction of sp³-hybridized carbons (Fsp3) is 0.318. The first kappa shape index (κ1) is 19.1. The van der Waals surface area contributed by atoms with E-state index in [1.807, 2.05) is 12.1 Å². The molecule has 4 rings (SSSR count). The molecule has 1 aliphatic rings. The molecule has 29 heavy (non-hydrogen) atoms. The van der Waals surface area contributed by atoms with E-state index >= 15 is 0 Å². The lowest BCUT2D eigenvalue weighted by atomic mass is 10.2. The highest BCUT2D eigenvalue weighted by atomic mass is 16.1. The van der Waals surface area contributed by atoms with Crippen molar-refractivity contribution >= 4 is 17.3 Å². The molecule has 0 unspecified atom stereocenters. The maximum absolute atomic E-state index is 12.1. The Balaban J connectivity index is 1.23. The van der Waals surface area contributed by atoms with Gasteiger partial charge in [-0.25, -0.2) is 4.98 Å². The summed E-state index contributed by atoms with van der Waals surface area (Å²) in [6.45, 7) is 5.66. The van der Waals surface area contributed by atoms with Gasteiger partial charge in [0.1, 0.15) is 12.7 Å². The van der Waals surface area contributed by atoms with E-state index in [-0.39, 0.29) is 5.91 Å². The Morgan fingerprint density at radius 2 is 1.72 bits per heavy atom. The topological polar surface area (TPSA) is 66.3 Å². The van der Waals surface area contributed by atoms with Gasteiger partial charge < -0.3 is 10.2 Å². The molecular weight excluding hydrogens is 364 g/mol. The maximum Gasteiger partial charge on any atom is 0.226 e. The molecule has 1 fully saturated rings. The summed E-state index contributed by atoms with van der Waals surface area (Å²) < 4.78 is 1.65. The van der Waals surface area contributed by atoms with Gasteiger partial charge >= 0.3 is 0 Å². The molecule has 1 saturated heterocycles. The first-order valence-electron chi connectivity index (χ1n) is 10.00. The average Bonchev–Trinajstić information content (AvgIpc) is 3.28. The van der Waals surface area contributed by atoms with E-state index in [9.17, 15) is 4.79 Å². The molecule has 0 spiro atoms. The molecule has 1 amide bonds. The smallest absolute Gasteiger partial charge is 0.226 e. The van der Waals surface area contributed by atoms with E-state index in [1.54, 1.807) is 11.0 Å². The van der Waals surface area contributed by atoms with Gasteiger partial charge in [0.25, 0.3) is 0 Å². The minimum atomic E-state index is -0.0252. The molecule has 0 radical (unpaired) electrons. The Hall–Kier alpha value is -3.19. The van der Waals surface area contributed by atoms with Crippen molar-refractivity contribution in [3.05, 3.63) is 72.8 Å². The van der Waals surface area contributed by atoms with Crippen molar-refractivity contribution < 1.29 is 4.79 Å². The van der Waals surface area contributed by atoms with E-state index < -0.39 is 0 Å². The number of carbonyl (C=O) groups is 1. The molecule has 0 atom stereocenters. The minimum absolute atomic E-state index is 0.0252. The summed E-state index contributed by atoms with van der Waals surface area (Å²) >= 11 is 0. The lowest BCUT2D eigenvalue weighted by Gasteiger charge is -2.36. The number of nitrogens with one attached hydrogen (secondary N) is 1. The van der Waals surface area contributed by atoms with Crippen LogP contribution >= 0.6 is 0 Å². The van der Waals surface area contributed by atoms with E-state index in [4.69, 9.17) is 0 Å². The van der Waals surface area contributed by atoms with Crippen LogP contribution in [0.4, 0.5) is 11.4 Å². The van der Waals surface area contributed by atoms with Crippen LogP contribution in [0.25, 0.3) is 0 Å². The second-order valence-electron chi connectivity index (χ2n) is 7.25. The number of aromatic nitrogens is 3. The molecule has 0 bridgehead atoms. The third-order valence-electron chi connectivity index (χ3n) is 5.17. The molecule has 0 saturated carbocycles. The Morgan fingerprint density at radius 3 is 2.41 bits per heavy atom. The molecule has 1 N–H and O–H groups in total. The number of carbonyl (C=O) groups excluding carboxylic acids is 1. The number of hydrogen-bond acceptors (Lipinski definition) is 5. The Bertz CT molecular complexity index is 887. The van der Waals surface area contributed by atoms with Gasteiger partial charge in [-0.3, -0.25) is 14.4 Å². The highest BCUT2D eigenvalue weighted by Gasteiger charge is 2.17. The van der Waals surface area contributed by atoms with Gasteiger partial charge in [0.2, 0.25) is 5.91 Å². The predicted octanol–water partition coefficient (Wildman–Crippen LogP) is 2.63. The lowest BCUT2D eigenvalue weighted by Crippen LogP contribution is -2.45. The summed E-state index contributed by atoms with van der Waals surface area (Å²) in [5, 5.41) is 6.95. The first-order chi connectivity index (χ1) is 14.3. The van der Waals surface area contributed by atoms with Crippen LogP contribution < -0.4 is 10.2 Å². The molecule has 0 aliphatic carbocycles. The largest absolute Gasteiger partial charge is 0.369 e. The van der Waals surface area contributed by atoms with E-state index in [0.29, 0.717) is 13.0 Å². The van der Waals surface area contributed by atoms with Crippen LogP contribution in [0.3, 0.4) is 0 Å². The fourth-order valence-corrected chi connectivity index (χ4v) is 3.55. The molecular formula is C22H26N6O. The fourth-order valence-electron chi connectivity index (χ4n) is 3.55. The van der Waals surface area contributed by atoms with Crippen LogP contribution in [-0.2, 0) is 17.9 Å². The van der Waals surface area contributed by atoms with Crippen LogP contribution in [0.15, 0.2) is 67.3 Å². The number of anilines is 2. The van der Waals surface area contributed by atoms with Crippen molar-refractivity contribution in [3.8, 4) is 0 Å². The number of rotatable bonds is 7. The summed E-state index contributed by atoms with van der Waals surface area (Å²) in [5.74, 6) is -0.0252. The van der Waals surface area contributed by atoms with Gasteiger partial charge in [0.05, 0.1) is 6.54 Å². The number of amides is 1. The van der Waals surface area contributed by atoms with E-state index in [0.717, 1.165) is 38.4 Å². The number of hydrogen-bond donors (Lipinski definition) is 1. The zero-order chi connectivity index (χ0) is 19.9. The van der Waals surface area contributed by atoms with Gasteiger partial charge in [-0.05, 0) is 29.8 Å². The van der Waals surface area contributed by atoms with Gasteiger partial charge in [-0.1, -0.05) is 30.3 Å². The number of aryl methyl sites for hydroxylation is 1. The normalized spacial score (nSPS) is 14.7. The zero-order valence-electron chi connectivity index (χ0n) is 16.4. The average molecular weight is 390 g/mol. The molecule has 1 aliphatic heterocycles.